The fraction of sp³-hybridized carbons (Fsp3) is 0.179. The van der Waals surface area contributed by atoms with Crippen molar-refractivity contribution in [2.45, 2.75) is 29.9 Å². The highest BCUT2D eigenvalue weighted by atomic mass is 35.5. The Kier molecular flexibility index (Phi) is 7.99. The van der Waals surface area contributed by atoms with Crippen LogP contribution in [-0.4, -0.2) is 57.2 Å². The number of carbonyl (C=O) groups excluding carboxylic acids is 1. The van der Waals surface area contributed by atoms with Crippen LogP contribution in [0.3, 0.4) is 0 Å². The van der Waals surface area contributed by atoms with Gasteiger partial charge in [-0.2, -0.15) is 4.31 Å². The first-order valence-corrected chi connectivity index (χ1v) is 15.2. The Bertz CT molecular complexity index is 1760. The van der Waals surface area contributed by atoms with Gasteiger partial charge < -0.3 is 10.3 Å². The number of aromatic nitrogens is 4. The molecule has 0 atom stereocenters. The third-order valence-electron chi connectivity index (χ3n) is 6.42. The molecule has 0 fully saturated rings. The van der Waals surface area contributed by atoms with Crippen molar-refractivity contribution in [3.63, 3.8) is 0 Å². The van der Waals surface area contributed by atoms with Crippen LogP contribution in [0.1, 0.15) is 13.8 Å². The van der Waals surface area contributed by atoms with Crippen molar-refractivity contribution < 1.29 is 13.2 Å². The Balaban J connectivity index is 1.36. The van der Waals surface area contributed by atoms with E-state index in [0.29, 0.717) is 21.7 Å². The molecule has 0 saturated carbocycles. The van der Waals surface area contributed by atoms with Gasteiger partial charge in [-0.05, 0) is 68.4 Å². The van der Waals surface area contributed by atoms with E-state index < -0.39 is 10.0 Å². The zero-order valence-corrected chi connectivity index (χ0v) is 24.4. The highest BCUT2D eigenvalue weighted by Crippen LogP contribution is 2.33. The third kappa shape index (κ3) is 5.64. The minimum atomic E-state index is -3.61. The quantitative estimate of drug-likeness (QED) is 0.208. The topological polar surface area (TPSA) is 113 Å². The van der Waals surface area contributed by atoms with Crippen molar-refractivity contribution in [2.24, 2.45) is 0 Å². The molecule has 0 aliphatic heterocycles. The summed E-state index contributed by atoms with van der Waals surface area (Å²) in [4.78, 5) is 16.3. The number of nitrogens with one attached hydrogen (secondary N) is 2. The minimum absolute atomic E-state index is 0.0652. The first-order chi connectivity index (χ1) is 19.1. The average Bonchev–Trinajstić information content (AvgIpc) is 3.56. The number of thioether (sulfide) groups is 1. The van der Waals surface area contributed by atoms with Gasteiger partial charge in [0.25, 0.3) is 0 Å². The molecule has 3 aromatic carbocycles. The maximum Gasteiger partial charge on any atom is 0.243 e. The van der Waals surface area contributed by atoms with Gasteiger partial charge in [-0.15, -0.1) is 10.2 Å². The lowest BCUT2D eigenvalue weighted by Gasteiger charge is -2.21. The summed E-state index contributed by atoms with van der Waals surface area (Å²) in [6.07, 6.45) is 1.89. The first kappa shape index (κ1) is 27.9. The van der Waals surface area contributed by atoms with Gasteiger partial charge in [0.15, 0.2) is 11.0 Å². The van der Waals surface area contributed by atoms with Crippen molar-refractivity contribution >= 4 is 55.9 Å². The SMILES string of the molecule is CC(C)N(C)S(=O)(=O)c1ccc(NC(=O)CSc2nnc(-c3c[nH]c4ccccc34)n2-c2ccc(Cl)cc2)cc1. The van der Waals surface area contributed by atoms with Crippen LogP contribution in [-0.2, 0) is 14.8 Å². The number of hydrogen-bond donors (Lipinski definition) is 2. The first-order valence-electron chi connectivity index (χ1n) is 12.4. The molecule has 40 heavy (non-hydrogen) atoms. The van der Waals surface area contributed by atoms with Crippen LogP contribution in [0.2, 0.25) is 5.02 Å². The number of halogens is 1. The van der Waals surface area contributed by atoms with Gasteiger partial charge in [-0.25, -0.2) is 8.42 Å². The zero-order chi connectivity index (χ0) is 28.4. The number of fused-ring (bicyclic) bond motifs is 1. The van der Waals surface area contributed by atoms with Gasteiger partial charge in [0.2, 0.25) is 15.9 Å². The second kappa shape index (κ2) is 11.5. The molecule has 0 spiro atoms. The largest absolute Gasteiger partial charge is 0.360 e. The van der Waals surface area contributed by atoms with E-state index >= 15 is 0 Å². The molecule has 12 heteroatoms. The molecule has 2 heterocycles. The molecule has 0 unspecified atom stereocenters. The molecule has 206 valence electrons. The van der Waals surface area contributed by atoms with E-state index in [1.54, 1.807) is 45.2 Å². The van der Waals surface area contributed by atoms with Crippen LogP contribution in [0.25, 0.3) is 28.0 Å². The Hall–Kier alpha value is -3.64. The molecule has 1 amide bonds. The van der Waals surface area contributed by atoms with Crippen molar-refractivity contribution in [3.05, 3.63) is 84.0 Å². The summed E-state index contributed by atoms with van der Waals surface area (Å²) in [5, 5.41) is 13.8. The van der Waals surface area contributed by atoms with Gasteiger partial charge in [-0.1, -0.05) is 41.6 Å². The van der Waals surface area contributed by atoms with Gasteiger partial charge in [0.05, 0.1) is 10.6 Å². The molecule has 5 aromatic rings. The number of aromatic amines is 1. The van der Waals surface area contributed by atoms with Gasteiger partial charge in [0, 0.05) is 52.2 Å². The number of hydrogen-bond acceptors (Lipinski definition) is 6. The summed E-state index contributed by atoms with van der Waals surface area (Å²) in [7, 11) is -2.06. The van der Waals surface area contributed by atoms with Crippen LogP contribution in [0.15, 0.2) is 89.0 Å². The maximum absolute atomic E-state index is 12.8. The number of carbonyl (C=O) groups is 1. The molecule has 2 N–H and O–H groups in total. The lowest BCUT2D eigenvalue weighted by atomic mass is 10.1. The molecular formula is C28H27ClN6O3S2. The number of para-hydroxylation sites is 1. The van der Waals surface area contributed by atoms with Crippen LogP contribution in [0.5, 0.6) is 0 Å². The highest BCUT2D eigenvalue weighted by Gasteiger charge is 2.23. The number of rotatable bonds is 9. The van der Waals surface area contributed by atoms with E-state index in [1.165, 1.54) is 28.2 Å². The number of benzene rings is 3. The Morgan fingerprint density at radius 2 is 1.75 bits per heavy atom. The lowest BCUT2D eigenvalue weighted by Crippen LogP contribution is -2.33. The molecular weight excluding hydrogens is 568 g/mol. The van der Waals surface area contributed by atoms with Crippen LogP contribution < -0.4 is 5.32 Å². The molecule has 0 bridgehead atoms. The van der Waals surface area contributed by atoms with Crippen LogP contribution in [0.4, 0.5) is 5.69 Å². The van der Waals surface area contributed by atoms with E-state index in [9.17, 15) is 13.2 Å². The van der Waals surface area contributed by atoms with Crippen LogP contribution in [0, 0.1) is 0 Å². The number of sulfonamides is 1. The summed E-state index contributed by atoms with van der Waals surface area (Å²) >= 11 is 7.38. The van der Waals surface area contributed by atoms with Gasteiger partial charge in [0.1, 0.15) is 0 Å². The van der Waals surface area contributed by atoms with Crippen molar-refractivity contribution in [1.82, 2.24) is 24.1 Å². The summed E-state index contributed by atoms with van der Waals surface area (Å²) in [6, 6.07) is 21.2. The second-order valence-electron chi connectivity index (χ2n) is 9.34. The van der Waals surface area contributed by atoms with E-state index in [0.717, 1.165) is 22.2 Å². The Morgan fingerprint density at radius 3 is 2.45 bits per heavy atom. The van der Waals surface area contributed by atoms with Crippen molar-refractivity contribution in [3.8, 4) is 17.1 Å². The smallest absolute Gasteiger partial charge is 0.243 e. The molecule has 5 rings (SSSR count). The maximum atomic E-state index is 12.8. The van der Waals surface area contributed by atoms with E-state index in [4.69, 9.17) is 11.6 Å². The molecule has 9 nitrogen and oxygen atoms in total. The van der Waals surface area contributed by atoms with Gasteiger partial charge in [-0.3, -0.25) is 9.36 Å². The van der Waals surface area contributed by atoms with Crippen molar-refractivity contribution in [1.29, 1.82) is 0 Å². The van der Waals surface area contributed by atoms with E-state index in [1.807, 2.05) is 47.2 Å². The Morgan fingerprint density at radius 1 is 1.05 bits per heavy atom. The normalized spacial score (nSPS) is 11.9. The third-order valence-corrected chi connectivity index (χ3v) is 9.65. The predicted octanol–water partition coefficient (Wildman–Crippen LogP) is 5.83. The number of H-pyrrole nitrogens is 1. The van der Waals surface area contributed by atoms with Crippen LogP contribution >= 0.6 is 23.4 Å². The van der Waals surface area contributed by atoms with Crippen molar-refractivity contribution in [2.75, 3.05) is 18.1 Å². The highest BCUT2D eigenvalue weighted by molar-refractivity contribution is 7.99. The number of amides is 1. The number of anilines is 1. The fourth-order valence-corrected chi connectivity index (χ4v) is 6.34. The summed E-state index contributed by atoms with van der Waals surface area (Å²) < 4.78 is 28.6. The van der Waals surface area contributed by atoms with E-state index in [-0.39, 0.29) is 22.6 Å². The minimum Gasteiger partial charge on any atom is -0.360 e. The molecule has 0 aliphatic rings. The summed E-state index contributed by atoms with van der Waals surface area (Å²) in [5.74, 6) is 0.431. The average molecular weight is 595 g/mol. The molecule has 0 saturated heterocycles. The second-order valence-corrected chi connectivity index (χ2v) is 12.7. The van der Waals surface area contributed by atoms with Gasteiger partial charge >= 0.3 is 0 Å². The summed E-state index contributed by atoms with van der Waals surface area (Å²) in [6.45, 7) is 3.61. The standard InChI is InChI=1S/C28H27ClN6O3S2/c1-18(2)34(3)40(37,38)22-14-10-20(11-15-22)31-26(36)17-39-28-33-32-27(35(28)21-12-8-19(29)9-13-21)24-16-30-25-7-5-4-6-23(24)25/h4-16,18,30H,17H2,1-3H3,(H,31,36). The lowest BCUT2D eigenvalue weighted by molar-refractivity contribution is -0.113. The Labute approximate surface area is 241 Å². The monoisotopic (exact) mass is 594 g/mol. The van der Waals surface area contributed by atoms with E-state index in [2.05, 4.69) is 20.5 Å². The zero-order valence-electron chi connectivity index (χ0n) is 22.0. The molecule has 0 aliphatic carbocycles. The summed E-state index contributed by atoms with van der Waals surface area (Å²) in [5.41, 5.74) is 3.16. The molecule has 2 aromatic heterocycles. The fourth-order valence-electron chi connectivity index (χ4n) is 4.10. The predicted molar refractivity (Wildman–Crippen MR) is 160 cm³/mol. The molecule has 0 radical (unpaired) electrons. The number of nitrogens with zero attached hydrogens (tertiary/aromatic N) is 4.